The lowest BCUT2D eigenvalue weighted by atomic mass is 10.1. The van der Waals surface area contributed by atoms with E-state index in [9.17, 15) is 15.2 Å². The number of hydrogen-bond acceptors (Lipinski definition) is 4. The van der Waals surface area contributed by atoms with E-state index < -0.39 is 11.0 Å². The summed E-state index contributed by atoms with van der Waals surface area (Å²) < 4.78 is 6.97. The van der Waals surface area contributed by atoms with E-state index in [-0.39, 0.29) is 5.69 Å². The number of halogens is 2. The van der Waals surface area contributed by atoms with Gasteiger partial charge in [-0.15, -0.1) is 0 Å². The number of aliphatic hydroxyl groups is 1. The van der Waals surface area contributed by atoms with Crippen LogP contribution in [-0.4, -0.2) is 10.0 Å². The number of non-ortho nitro benzene ring substituents is 1. The standard InChI is InChI=1S/C14H11Br2NO4/c1-8(18)11-4-3-10(7-13(11)16)21-14-6-9(17(19)20)2-5-12(14)15/h2-8,18H,1H3/t8-/m0/s1. The highest BCUT2D eigenvalue weighted by Crippen LogP contribution is 2.35. The molecule has 110 valence electrons. The van der Waals surface area contributed by atoms with Gasteiger partial charge in [0.1, 0.15) is 11.5 Å². The Bertz CT molecular complexity index is 689. The van der Waals surface area contributed by atoms with Crippen molar-refractivity contribution in [3.63, 3.8) is 0 Å². The van der Waals surface area contributed by atoms with Crippen molar-refractivity contribution >= 4 is 37.5 Å². The molecule has 0 aliphatic rings. The molecule has 0 heterocycles. The van der Waals surface area contributed by atoms with Crippen molar-refractivity contribution in [2.75, 3.05) is 0 Å². The number of hydrogen-bond donors (Lipinski definition) is 1. The third kappa shape index (κ3) is 3.81. The Labute approximate surface area is 138 Å². The van der Waals surface area contributed by atoms with Crippen molar-refractivity contribution in [1.82, 2.24) is 0 Å². The Hall–Kier alpha value is -1.44. The van der Waals surface area contributed by atoms with Crippen molar-refractivity contribution in [2.45, 2.75) is 13.0 Å². The van der Waals surface area contributed by atoms with E-state index in [4.69, 9.17) is 4.74 Å². The van der Waals surface area contributed by atoms with Crippen molar-refractivity contribution in [1.29, 1.82) is 0 Å². The van der Waals surface area contributed by atoms with E-state index in [0.717, 1.165) is 5.56 Å². The zero-order chi connectivity index (χ0) is 15.6. The van der Waals surface area contributed by atoms with Gasteiger partial charge in [-0.25, -0.2) is 0 Å². The minimum absolute atomic E-state index is 0.0483. The largest absolute Gasteiger partial charge is 0.456 e. The Balaban J connectivity index is 2.32. The van der Waals surface area contributed by atoms with Crippen molar-refractivity contribution < 1.29 is 14.8 Å². The topological polar surface area (TPSA) is 72.6 Å². The summed E-state index contributed by atoms with van der Waals surface area (Å²) in [6.07, 6.45) is -0.599. The van der Waals surface area contributed by atoms with Gasteiger partial charge in [-0.3, -0.25) is 10.1 Å². The molecule has 0 spiro atoms. The quantitative estimate of drug-likeness (QED) is 0.564. The van der Waals surface area contributed by atoms with Crippen LogP contribution in [0.4, 0.5) is 5.69 Å². The second kappa shape index (κ2) is 6.55. The van der Waals surface area contributed by atoms with Crippen LogP contribution < -0.4 is 4.74 Å². The van der Waals surface area contributed by atoms with Crippen LogP contribution in [-0.2, 0) is 0 Å². The molecule has 0 amide bonds. The van der Waals surface area contributed by atoms with Gasteiger partial charge in [-0.2, -0.15) is 0 Å². The average Bonchev–Trinajstić information content (AvgIpc) is 2.40. The number of aliphatic hydroxyl groups excluding tert-OH is 1. The highest BCUT2D eigenvalue weighted by atomic mass is 79.9. The van der Waals surface area contributed by atoms with Gasteiger partial charge in [0.25, 0.3) is 5.69 Å². The summed E-state index contributed by atoms with van der Waals surface area (Å²) in [6, 6.07) is 9.43. The molecule has 0 bridgehead atoms. The fourth-order valence-corrected chi connectivity index (χ4v) is 2.74. The molecule has 0 saturated heterocycles. The molecule has 0 aromatic heterocycles. The lowest BCUT2D eigenvalue weighted by Crippen LogP contribution is -1.94. The zero-order valence-corrected chi connectivity index (χ0v) is 14.1. The van der Waals surface area contributed by atoms with Gasteiger partial charge in [0.2, 0.25) is 0 Å². The summed E-state index contributed by atoms with van der Waals surface area (Å²) in [5.41, 5.74) is 0.688. The van der Waals surface area contributed by atoms with E-state index in [1.54, 1.807) is 31.2 Å². The maximum atomic E-state index is 10.8. The van der Waals surface area contributed by atoms with Gasteiger partial charge >= 0.3 is 0 Å². The molecule has 0 unspecified atom stereocenters. The minimum atomic E-state index is -0.599. The maximum Gasteiger partial charge on any atom is 0.273 e. The molecule has 0 aliphatic carbocycles. The zero-order valence-electron chi connectivity index (χ0n) is 10.9. The maximum absolute atomic E-state index is 10.8. The fourth-order valence-electron chi connectivity index (χ4n) is 1.72. The summed E-state index contributed by atoms with van der Waals surface area (Å²) in [5, 5.41) is 20.4. The van der Waals surface area contributed by atoms with Gasteiger partial charge < -0.3 is 9.84 Å². The molecular weight excluding hydrogens is 406 g/mol. The normalized spacial score (nSPS) is 12.0. The number of ether oxygens (including phenoxy) is 1. The Kier molecular flexibility index (Phi) is 4.97. The molecule has 5 nitrogen and oxygen atoms in total. The summed E-state index contributed by atoms with van der Waals surface area (Å²) in [7, 11) is 0. The molecule has 0 radical (unpaired) electrons. The molecule has 0 saturated carbocycles. The van der Waals surface area contributed by atoms with Crippen LogP contribution in [0.25, 0.3) is 0 Å². The lowest BCUT2D eigenvalue weighted by molar-refractivity contribution is -0.384. The van der Waals surface area contributed by atoms with Crippen molar-refractivity contribution in [3.05, 3.63) is 61.0 Å². The molecule has 2 rings (SSSR count). The average molecular weight is 417 g/mol. The molecule has 21 heavy (non-hydrogen) atoms. The first-order valence-electron chi connectivity index (χ1n) is 5.98. The smallest absolute Gasteiger partial charge is 0.273 e. The SMILES string of the molecule is C[C@H](O)c1ccc(Oc2cc([N+](=O)[O-])ccc2Br)cc1Br. The number of nitrogens with zero attached hydrogens (tertiary/aromatic N) is 1. The monoisotopic (exact) mass is 415 g/mol. The molecule has 2 aromatic rings. The summed E-state index contributed by atoms with van der Waals surface area (Å²) in [6.45, 7) is 1.66. The molecule has 0 fully saturated rings. The van der Waals surface area contributed by atoms with Gasteiger partial charge in [0, 0.05) is 10.5 Å². The number of nitro benzene ring substituents is 1. The summed E-state index contributed by atoms with van der Waals surface area (Å²) in [4.78, 5) is 10.3. The molecule has 1 atom stereocenters. The van der Waals surface area contributed by atoms with Crippen LogP contribution >= 0.6 is 31.9 Å². The van der Waals surface area contributed by atoms with E-state index >= 15 is 0 Å². The first kappa shape index (κ1) is 15.9. The number of rotatable bonds is 4. The van der Waals surface area contributed by atoms with E-state index in [1.165, 1.54) is 12.1 Å². The Morgan fingerprint density at radius 2 is 1.90 bits per heavy atom. The Morgan fingerprint density at radius 3 is 2.48 bits per heavy atom. The van der Waals surface area contributed by atoms with Gasteiger partial charge in [-0.1, -0.05) is 22.0 Å². The molecule has 2 aromatic carbocycles. The third-order valence-corrected chi connectivity index (χ3v) is 4.12. The van der Waals surface area contributed by atoms with Crippen LogP contribution in [0.2, 0.25) is 0 Å². The summed E-state index contributed by atoms with van der Waals surface area (Å²) >= 11 is 6.65. The predicted octanol–water partition coefficient (Wildman–Crippen LogP) is 4.97. The van der Waals surface area contributed by atoms with Crippen molar-refractivity contribution in [3.8, 4) is 11.5 Å². The predicted molar refractivity (Wildman–Crippen MR) is 85.6 cm³/mol. The van der Waals surface area contributed by atoms with Crippen LogP contribution in [0.1, 0.15) is 18.6 Å². The second-order valence-corrected chi connectivity index (χ2v) is 6.04. The van der Waals surface area contributed by atoms with Gasteiger partial charge in [0.05, 0.1) is 21.6 Å². The van der Waals surface area contributed by atoms with Crippen LogP contribution in [0.3, 0.4) is 0 Å². The first-order valence-corrected chi connectivity index (χ1v) is 7.56. The first-order chi connectivity index (χ1) is 9.88. The highest BCUT2D eigenvalue weighted by molar-refractivity contribution is 9.10. The fraction of sp³-hybridized carbons (Fsp3) is 0.143. The molecule has 1 N–H and O–H groups in total. The van der Waals surface area contributed by atoms with E-state index in [0.29, 0.717) is 20.4 Å². The van der Waals surface area contributed by atoms with Gasteiger partial charge in [0.15, 0.2) is 0 Å². The third-order valence-electron chi connectivity index (χ3n) is 2.78. The Morgan fingerprint density at radius 1 is 1.19 bits per heavy atom. The lowest BCUT2D eigenvalue weighted by Gasteiger charge is -2.11. The van der Waals surface area contributed by atoms with Crippen LogP contribution in [0, 0.1) is 10.1 Å². The number of benzene rings is 2. The van der Waals surface area contributed by atoms with Crippen LogP contribution in [0.15, 0.2) is 45.3 Å². The van der Waals surface area contributed by atoms with Gasteiger partial charge in [-0.05, 0) is 46.6 Å². The highest BCUT2D eigenvalue weighted by Gasteiger charge is 2.13. The minimum Gasteiger partial charge on any atom is -0.456 e. The molecule has 0 aliphatic heterocycles. The van der Waals surface area contributed by atoms with Crippen molar-refractivity contribution in [2.24, 2.45) is 0 Å². The number of nitro groups is 1. The second-order valence-electron chi connectivity index (χ2n) is 4.33. The summed E-state index contributed by atoms with van der Waals surface area (Å²) in [5.74, 6) is 0.855. The molecule has 7 heteroatoms. The van der Waals surface area contributed by atoms with E-state index in [2.05, 4.69) is 31.9 Å². The van der Waals surface area contributed by atoms with E-state index in [1.807, 2.05) is 0 Å². The molecular formula is C14H11Br2NO4. The van der Waals surface area contributed by atoms with Crippen LogP contribution in [0.5, 0.6) is 11.5 Å².